The second-order valence-electron chi connectivity index (χ2n) is 6.35. The van der Waals surface area contributed by atoms with Crippen LogP contribution in [0.5, 0.6) is 0 Å². The van der Waals surface area contributed by atoms with Crippen molar-refractivity contribution >= 4 is 5.95 Å². The van der Waals surface area contributed by atoms with E-state index in [1.807, 2.05) is 0 Å². The van der Waals surface area contributed by atoms with E-state index in [4.69, 9.17) is 4.74 Å². The third-order valence-corrected chi connectivity index (χ3v) is 4.05. The first-order valence-electron chi connectivity index (χ1n) is 7.32. The van der Waals surface area contributed by atoms with E-state index < -0.39 is 0 Å². The van der Waals surface area contributed by atoms with Gasteiger partial charge in [-0.15, -0.1) is 0 Å². The number of hydrogen-bond acceptors (Lipinski definition) is 3. The monoisotopic (exact) mass is 265 g/mol. The fraction of sp³-hybridized carbons (Fsp3) is 0.800. The highest BCUT2D eigenvalue weighted by atomic mass is 16.5. The number of anilines is 1. The molecule has 19 heavy (non-hydrogen) atoms. The van der Waals surface area contributed by atoms with Gasteiger partial charge in [0.1, 0.15) is 0 Å². The molecule has 1 aliphatic carbocycles. The van der Waals surface area contributed by atoms with Gasteiger partial charge in [0.2, 0.25) is 5.95 Å². The van der Waals surface area contributed by atoms with Crippen LogP contribution in [0.15, 0.2) is 6.20 Å². The van der Waals surface area contributed by atoms with Crippen LogP contribution in [0.1, 0.15) is 45.2 Å². The summed E-state index contributed by atoms with van der Waals surface area (Å²) in [5.41, 5.74) is 1.52. The maximum Gasteiger partial charge on any atom is 0.203 e. The van der Waals surface area contributed by atoms with Crippen molar-refractivity contribution in [3.05, 3.63) is 11.9 Å². The van der Waals surface area contributed by atoms with E-state index in [0.717, 1.165) is 18.2 Å². The highest BCUT2D eigenvalue weighted by molar-refractivity contribution is 5.30. The second kappa shape index (κ2) is 5.95. The first kappa shape index (κ1) is 14.4. The normalized spacial score (nSPS) is 19.6. The van der Waals surface area contributed by atoms with Crippen LogP contribution in [0.3, 0.4) is 0 Å². The minimum atomic E-state index is 0.280. The second-order valence-corrected chi connectivity index (χ2v) is 6.35. The number of methoxy groups -OCH3 is 1. The smallest absolute Gasteiger partial charge is 0.203 e. The van der Waals surface area contributed by atoms with Crippen molar-refractivity contribution < 1.29 is 4.74 Å². The fourth-order valence-electron chi connectivity index (χ4n) is 3.09. The van der Waals surface area contributed by atoms with E-state index >= 15 is 0 Å². The van der Waals surface area contributed by atoms with Crippen molar-refractivity contribution in [3.8, 4) is 0 Å². The molecule has 108 valence electrons. The number of aryl methyl sites for hydroxylation is 1. The van der Waals surface area contributed by atoms with E-state index in [1.165, 1.54) is 25.7 Å². The SMILES string of the molecule is COCC(C)Nc1nc(C)cn1CC1(C)CCCC1. The molecule has 1 aromatic rings. The highest BCUT2D eigenvalue weighted by Crippen LogP contribution is 2.39. The summed E-state index contributed by atoms with van der Waals surface area (Å²) in [5, 5.41) is 3.45. The van der Waals surface area contributed by atoms with Gasteiger partial charge in [-0.25, -0.2) is 4.98 Å². The van der Waals surface area contributed by atoms with E-state index in [2.05, 4.69) is 41.8 Å². The summed E-state index contributed by atoms with van der Waals surface area (Å²) in [4.78, 5) is 4.60. The lowest BCUT2D eigenvalue weighted by molar-refractivity contribution is 0.190. The highest BCUT2D eigenvalue weighted by Gasteiger charge is 2.29. The molecule has 1 N–H and O–H groups in total. The van der Waals surface area contributed by atoms with Gasteiger partial charge in [0.15, 0.2) is 0 Å². The summed E-state index contributed by atoms with van der Waals surface area (Å²) in [6, 6.07) is 0.280. The first-order chi connectivity index (χ1) is 9.02. The molecule has 1 heterocycles. The number of rotatable bonds is 6. The third kappa shape index (κ3) is 3.72. The van der Waals surface area contributed by atoms with Gasteiger partial charge >= 0.3 is 0 Å². The van der Waals surface area contributed by atoms with Gasteiger partial charge < -0.3 is 14.6 Å². The molecular weight excluding hydrogens is 238 g/mol. The fourth-order valence-corrected chi connectivity index (χ4v) is 3.09. The van der Waals surface area contributed by atoms with Crippen LogP contribution in [0.4, 0.5) is 5.95 Å². The number of hydrogen-bond donors (Lipinski definition) is 1. The van der Waals surface area contributed by atoms with Crippen LogP contribution < -0.4 is 5.32 Å². The molecule has 0 radical (unpaired) electrons. The van der Waals surface area contributed by atoms with Crippen LogP contribution in [0.25, 0.3) is 0 Å². The summed E-state index contributed by atoms with van der Waals surface area (Å²) < 4.78 is 7.46. The van der Waals surface area contributed by atoms with Crippen LogP contribution in [0, 0.1) is 12.3 Å². The molecule has 1 atom stereocenters. The van der Waals surface area contributed by atoms with Crippen LogP contribution in [0.2, 0.25) is 0 Å². The van der Waals surface area contributed by atoms with Crippen molar-refractivity contribution in [2.45, 2.75) is 59.0 Å². The quantitative estimate of drug-likeness (QED) is 0.858. The van der Waals surface area contributed by atoms with Gasteiger partial charge in [-0.05, 0) is 32.1 Å². The Morgan fingerprint density at radius 3 is 2.79 bits per heavy atom. The molecule has 0 saturated heterocycles. The number of nitrogens with zero attached hydrogens (tertiary/aromatic N) is 2. The third-order valence-electron chi connectivity index (χ3n) is 4.05. The zero-order valence-electron chi connectivity index (χ0n) is 12.7. The van der Waals surface area contributed by atoms with E-state index in [9.17, 15) is 0 Å². The van der Waals surface area contributed by atoms with E-state index in [0.29, 0.717) is 12.0 Å². The van der Waals surface area contributed by atoms with Crippen molar-refractivity contribution in [1.29, 1.82) is 0 Å². The minimum Gasteiger partial charge on any atom is -0.383 e. The molecule has 0 aliphatic heterocycles. The Morgan fingerprint density at radius 2 is 2.16 bits per heavy atom. The van der Waals surface area contributed by atoms with E-state index in [-0.39, 0.29) is 6.04 Å². The lowest BCUT2D eigenvalue weighted by atomic mass is 9.89. The molecule has 1 aromatic heterocycles. The van der Waals surface area contributed by atoms with Crippen LogP contribution in [-0.4, -0.2) is 29.3 Å². The molecular formula is C15H27N3O. The standard InChI is InChI=1S/C15H27N3O/c1-12-9-18(11-15(3)7-5-6-8-15)14(16-12)17-13(2)10-19-4/h9,13H,5-8,10-11H2,1-4H3,(H,16,17). The first-order valence-corrected chi connectivity index (χ1v) is 7.32. The Balaban J connectivity index is 2.07. The lowest BCUT2D eigenvalue weighted by Crippen LogP contribution is -2.25. The molecule has 0 bridgehead atoms. The summed E-state index contributed by atoms with van der Waals surface area (Å²) in [5.74, 6) is 0.982. The topological polar surface area (TPSA) is 39.1 Å². The van der Waals surface area contributed by atoms with Crippen molar-refractivity contribution in [2.75, 3.05) is 19.0 Å². The van der Waals surface area contributed by atoms with Crippen molar-refractivity contribution in [1.82, 2.24) is 9.55 Å². The average molecular weight is 265 g/mol. The number of ether oxygens (including phenoxy) is 1. The van der Waals surface area contributed by atoms with Crippen LogP contribution >= 0.6 is 0 Å². The summed E-state index contributed by atoms with van der Waals surface area (Å²) in [7, 11) is 1.73. The predicted octanol–water partition coefficient (Wildman–Crippen LogP) is 3.22. The molecule has 2 rings (SSSR count). The van der Waals surface area contributed by atoms with Crippen LogP contribution in [-0.2, 0) is 11.3 Å². The molecule has 0 aromatic carbocycles. The van der Waals surface area contributed by atoms with Gasteiger partial charge in [-0.3, -0.25) is 0 Å². The van der Waals surface area contributed by atoms with Gasteiger partial charge in [0.25, 0.3) is 0 Å². The zero-order chi connectivity index (χ0) is 13.9. The average Bonchev–Trinajstić information content (AvgIpc) is 2.87. The summed E-state index contributed by atoms with van der Waals surface area (Å²) in [6.45, 7) is 8.34. The zero-order valence-corrected chi connectivity index (χ0v) is 12.7. The number of nitrogens with one attached hydrogen (secondary N) is 1. The van der Waals surface area contributed by atoms with Gasteiger partial charge in [-0.2, -0.15) is 0 Å². The Morgan fingerprint density at radius 1 is 1.47 bits per heavy atom. The molecule has 1 saturated carbocycles. The minimum absolute atomic E-state index is 0.280. The molecule has 1 unspecified atom stereocenters. The largest absolute Gasteiger partial charge is 0.383 e. The maximum atomic E-state index is 5.18. The van der Waals surface area contributed by atoms with Crippen molar-refractivity contribution in [2.24, 2.45) is 5.41 Å². The Hall–Kier alpha value is -1.03. The molecule has 4 heteroatoms. The maximum absolute atomic E-state index is 5.18. The lowest BCUT2D eigenvalue weighted by Gasteiger charge is -2.25. The summed E-state index contributed by atoms with van der Waals surface area (Å²) >= 11 is 0. The van der Waals surface area contributed by atoms with Crippen molar-refractivity contribution in [3.63, 3.8) is 0 Å². The number of imidazole rings is 1. The Kier molecular flexibility index (Phi) is 4.50. The Labute approximate surface area is 116 Å². The van der Waals surface area contributed by atoms with Gasteiger partial charge in [0.05, 0.1) is 12.3 Å². The molecule has 0 amide bonds. The summed E-state index contributed by atoms with van der Waals surface area (Å²) in [6.07, 6.45) is 7.56. The molecule has 1 aliphatic rings. The number of aromatic nitrogens is 2. The molecule has 0 spiro atoms. The molecule has 4 nitrogen and oxygen atoms in total. The molecule has 1 fully saturated rings. The predicted molar refractivity (Wildman–Crippen MR) is 78.5 cm³/mol. The van der Waals surface area contributed by atoms with E-state index in [1.54, 1.807) is 7.11 Å². The Bertz CT molecular complexity index is 408. The van der Waals surface area contributed by atoms with Gasteiger partial charge in [-0.1, -0.05) is 19.8 Å². The van der Waals surface area contributed by atoms with Gasteiger partial charge in [0, 0.05) is 25.9 Å².